The first-order valence-electron chi connectivity index (χ1n) is 11.6. The van der Waals surface area contributed by atoms with Crippen molar-refractivity contribution in [3.63, 3.8) is 0 Å². The summed E-state index contributed by atoms with van der Waals surface area (Å²) in [6, 6.07) is 3.18. The zero-order chi connectivity index (χ0) is 26.4. The van der Waals surface area contributed by atoms with Crippen LogP contribution in [0.3, 0.4) is 0 Å². The number of aliphatic carboxylic acids is 1. The van der Waals surface area contributed by atoms with Gasteiger partial charge in [-0.3, -0.25) is 14.7 Å². The van der Waals surface area contributed by atoms with E-state index in [4.69, 9.17) is 31.2 Å². The lowest BCUT2D eigenvalue weighted by atomic mass is 9.95. The van der Waals surface area contributed by atoms with E-state index in [1.165, 1.54) is 41.3 Å². The molecule has 2 N–H and O–H groups in total. The van der Waals surface area contributed by atoms with Crippen molar-refractivity contribution in [1.82, 2.24) is 15.2 Å². The summed E-state index contributed by atoms with van der Waals surface area (Å²) >= 11 is 9.12. The topological polar surface area (TPSA) is 113 Å². The zero-order valence-corrected chi connectivity index (χ0v) is 22.4. The molecule has 13 heteroatoms. The van der Waals surface area contributed by atoms with E-state index in [0.29, 0.717) is 59.7 Å². The van der Waals surface area contributed by atoms with E-state index in [2.05, 4.69) is 15.2 Å². The lowest BCUT2D eigenvalue weighted by Gasteiger charge is -2.35. The second kappa shape index (κ2) is 12.8. The van der Waals surface area contributed by atoms with Gasteiger partial charge in [0.1, 0.15) is 11.9 Å². The lowest BCUT2D eigenvalue weighted by molar-refractivity contribution is -0.139. The number of morpholine rings is 1. The standard InChI is InChI=1S/C24H26ClFN4O5S2/c1-2-34-24(33)20-18(11-30-6-7-35-15(10-30)12-36-13-19(31)32)28-22(23-27-5-8-37-23)29-21(20)16-4-3-14(26)9-17(16)25/h3-5,8-9,15,21H,2,6-7,10-13H2,1H3,(H,28,29)(H,31,32)/t15?,21-/m0/s1. The number of ether oxygens (including phenoxy) is 2. The molecule has 0 amide bonds. The van der Waals surface area contributed by atoms with Crippen LogP contribution in [-0.4, -0.2) is 83.2 Å². The molecule has 4 rings (SSSR count). The van der Waals surface area contributed by atoms with Crippen LogP contribution in [0.2, 0.25) is 5.02 Å². The van der Waals surface area contributed by atoms with Gasteiger partial charge in [0.05, 0.1) is 30.6 Å². The van der Waals surface area contributed by atoms with E-state index in [0.717, 1.165) is 0 Å². The maximum Gasteiger partial charge on any atom is 0.338 e. The molecular weight excluding hydrogens is 543 g/mol. The quantitative estimate of drug-likeness (QED) is 0.416. The van der Waals surface area contributed by atoms with Crippen molar-refractivity contribution in [1.29, 1.82) is 0 Å². The Hall–Kier alpha value is -2.51. The Bertz CT molecular complexity index is 1190. The van der Waals surface area contributed by atoms with Crippen molar-refractivity contribution in [2.75, 3.05) is 44.4 Å². The number of esters is 1. The number of nitrogens with one attached hydrogen (secondary N) is 1. The van der Waals surface area contributed by atoms with E-state index in [9.17, 15) is 14.0 Å². The predicted octanol–water partition coefficient (Wildman–Crippen LogP) is 3.36. The summed E-state index contributed by atoms with van der Waals surface area (Å²) in [5, 5.41) is 14.8. The van der Waals surface area contributed by atoms with Gasteiger partial charge < -0.3 is 19.9 Å². The number of aromatic nitrogens is 1. The first kappa shape index (κ1) is 27.5. The fraction of sp³-hybridized carbons (Fsp3) is 0.417. The molecule has 0 spiro atoms. The number of nitrogens with zero attached hydrogens (tertiary/aromatic N) is 3. The molecule has 0 saturated carbocycles. The van der Waals surface area contributed by atoms with Crippen LogP contribution in [0.1, 0.15) is 23.5 Å². The molecule has 1 fully saturated rings. The molecule has 1 saturated heterocycles. The van der Waals surface area contributed by atoms with Gasteiger partial charge in [-0.2, -0.15) is 0 Å². The van der Waals surface area contributed by atoms with E-state index in [-0.39, 0.29) is 23.5 Å². The molecule has 3 heterocycles. The number of aliphatic imine (C=N–C) groups is 1. The highest BCUT2D eigenvalue weighted by molar-refractivity contribution is 7.99. The Labute approximate surface area is 226 Å². The molecule has 9 nitrogen and oxygen atoms in total. The highest BCUT2D eigenvalue weighted by Crippen LogP contribution is 2.37. The third-order valence-corrected chi connectivity index (χ3v) is 7.81. The van der Waals surface area contributed by atoms with Gasteiger partial charge in [-0.1, -0.05) is 17.7 Å². The molecule has 2 atom stereocenters. The van der Waals surface area contributed by atoms with Crippen LogP contribution in [0.15, 0.2) is 46.0 Å². The van der Waals surface area contributed by atoms with E-state index < -0.39 is 23.8 Å². The van der Waals surface area contributed by atoms with Gasteiger partial charge in [0.25, 0.3) is 0 Å². The number of carboxylic acids is 1. The maximum atomic E-state index is 13.8. The van der Waals surface area contributed by atoms with Crippen LogP contribution in [-0.2, 0) is 19.1 Å². The molecular formula is C24H26ClFN4O5S2. The Morgan fingerprint density at radius 2 is 2.27 bits per heavy atom. The smallest absolute Gasteiger partial charge is 0.338 e. The molecule has 37 heavy (non-hydrogen) atoms. The minimum absolute atomic E-state index is 0.00726. The number of rotatable bonds is 10. The number of carbonyl (C=O) groups is 2. The summed E-state index contributed by atoms with van der Waals surface area (Å²) in [6.45, 7) is 3.90. The van der Waals surface area contributed by atoms with Crippen LogP contribution >= 0.6 is 34.7 Å². The molecule has 0 bridgehead atoms. The van der Waals surface area contributed by atoms with Gasteiger partial charge in [0.15, 0.2) is 10.8 Å². The summed E-state index contributed by atoms with van der Waals surface area (Å²) in [5.74, 6) is -0.876. The van der Waals surface area contributed by atoms with Gasteiger partial charge in [0.2, 0.25) is 0 Å². The second-order valence-electron chi connectivity index (χ2n) is 8.26. The highest BCUT2D eigenvalue weighted by Gasteiger charge is 2.35. The number of thiazole rings is 1. The van der Waals surface area contributed by atoms with Gasteiger partial charge >= 0.3 is 11.9 Å². The van der Waals surface area contributed by atoms with Crippen LogP contribution in [0.25, 0.3) is 0 Å². The Balaban J connectivity index is 1.68. The largest absolute Gasteiger partial charge is 0.481 e. The van der Waals surface area contributed by atoms with Crippen molar-refractivity contribution < 1.29 is 28.6 Å². The summed E-state index contributed by atoms with van der Waals surface area (Å²) in [6.07, 6.45) is 1.51. The molecule has 1 unspecified atom stereocenters. The van der Waals surface area contributed by atoms with Gasteiger partial charge in [0, 0.05) is 53.2 Å². The molecule has 1 aromatic carbocycles. The number of carboxylic acid groups (broad SMARTS) is 1. The number of amidine groups is 1. The molecule has 198 valence electrons. The third kappa shape index (κ3) is 7.08. The number of hydrogen-bond donors (Lipinski definition) is 2. The maximum absolute atomic E-state index is 13.8. The minimum Gasteiger partial charge on any atom is -0.481 e. The first-order chi connectivity index (χ1) is 17.9. The summed E-state index contributed by atoms with van der Waals surface area (Å²) in [7, 11) is 0. The highest BCUT2D eigenvalue weighted by atomic mass is 35.5. The molecule has 0 radical (unpaired) electrons. The third-order valence-electron chi connectivity index (χ3n) is 5.65. The van der Waals surface area contributed by atoms with Crippen LogP contribution in [0, 0.1) is 5.82 Å². The van der Waals surface area contributed by atoms with Crippen LogP contribution in [0.4, 0.5) is 4.39 Å². The SMILES string of the molecule is CCOC(=O)C1=C(CN2CCOC(CSCC(=O)O)C2)NC(c2nccs2)=N[C@H]1c1ccc(F)cc1Cl. The van der Waals surface area contributed by atoms with Crippen molar-refractivity contribution in [3.8, 4) is 0 Å². The average molecular weight is 569 g/mol. The van der Waals surface area contributed by atoms with Gasteiger partial charge in [-0.15, -0.1) is 23.1 Å². The second-order valence-corrected chi connectivity index (χ2v) is 10.6. The summed E-state index contributed by atoms with van der Waals surface area (Å²) < 4.78 is 25.1. The lowest BCUT2D eigenvalue weighted by Crippen LogP contribution is -2.47. The van der Waals surface area contributed by atoms with Crippen molar-refractivity contribution in [2.24, 2.45) is 4.99 Å². The fourth-order valence-corrected chi connectivity index (χ4v) is 5.71. The predicted molar refractivity (Wildman–Crippen MR) is 141 cm³/mol. The normalized spacial score (nSPS) is 20.4. The van der Waals surface area contributed by atoms with Crippen LogP contribution < -0.4 is 5.32 Å². The van der Waals surface area contributed by atoms with Crippen molar-refractivity contribution >= 4 is 52.5 Å². The summed E-state index contributed by atoms with van der Waals surface area (Å²) in [4.78, 5) is 35.4. The minimum atomic E-state index is -0.868. The number of carbonyl (C=O) groups excluding carboxylic acids is 1. The first-order valence-corrected chi connectivity index (χ1v) is 14.0. The number of halogens is 2. The van der Waals surface area contributed by atoms with Crippen LogP contribution in [0.5, 0.6) is 0 Å². The van der Waals surface area contributed by atoms with E-state index in [1.807, 2.05) is 5.38 Å². The number of hydrogen-bond acceptors (Lipinski definition) is 10. The fourth-order valence-electron chi connectivity index (χ4n) is 4.09. The Morgan fingerprint density at radius 3 is 2.97 bits per heavy atom. The number of benzene rings is 1. The summed E-state index contributed by atoms with van der Waals surface area (Å²) in [5.41, 5.74) is 1.35. The van der Waals surface area contributed by atoms with Gasteiger partial charge in [-0.05, 0) is 19.1 Å². The molecule has 2 aromatic rings. The molecule has 0 aliphatic carbocycles. The molecule has 2 aliphatic heterocycles. The molecule has 1 aromatic heterocycles. The monoisotopic (exact) mass is 568 g/mol. The number of thioether (sulfide) groups is 1. The Morgan fingerprint density at radius 1 is 1.43 bits per heavy atom. The van der Waals surface area contributed by atoms with Crippen molar-refractivity contribution in [2.45, 2.75) is 19.1 Å². The van der Waals surface area contributed by atoms with Crippen molar-refractivity contribution in [3.05, 3.63) is 62.5 Å². The average Bonchev–Trinajstić information content (AvgIpc) is 3.39. The Kier molecular flexibility index (Phi) is 9.54. The molecule has 2 aliphatic rings. The zero-order valence-electron chi connectivity index (χ0n) is 20.0. The van der Waals surface area contributed by atoms with E-state index >= 15 is 0 Å². The van der Waals surface area contributed by atoms with E-state index in [1.54, 1.807) is 13.1 Å². The van der Waals surface area contributed by atoms with Gasteiger partial charge in [-0.25, -0.2) is 14.2 Å².